The number of likely N-dealkylation sites (tertiary alicyclic amines) is 1. The molecule has 3 rings (SSSR count). The zero-order valence-electron chi connectivity index (χ0n) is 14.3. The number of nitrogens with one attached hydrogen (secondary N) is 1. The van der Waals surface area contributed by atoms with Crippen LogP contribution in [0.1, 0.15) is 36.0 Å². The fourth-order valence-corrected chi connectivity index (χ4v) is 3.37. The molecular formula is C18H21F3N2O3. The molecule has 0 radical (unpaired) electrons. The Balaban J connectivity index is 1.52. The molecule has 0 saturated carbocycles. The van der Waals surface area contributed by atoms with Gasteiger partial charge in [-0.25, -0.2) is 13.2 Å². The van der Waals surface area contributed by atoms with E-state index in [9.17, 15) is 22.8 Å². The number of benzene rings is 1. The molecule has 0 aliphatic carbocycles. The summed E-state index contributed by atoms with van der Waals surface area (Å²) in [5, 5.41) is 2.87. The van der Waals surface area contributed by atoms with Crippen molar-refractivity contribution in [2.45, 2.75) is 31.8 Å². The molecule has 142 valence electrons. The third-order valence-electron chi connectivity index (χ3n) is 4.95. The molecule has 2 aliphatic rings. The molecule has 26 heavy (non-hydrogen) atoms. The number of carbonyl (C=O) groups is 2. The molecule has 1 atom stereocenters. The summed E-state index contributed by atoms with van der Waals surface area (Å²) in [6.07, 6.45) is 2.88. The van der Waals surface area contributed by atoms with Crippen molar-refractivity contribution in [2.75, 3.05) is 26.2 Å². The number of amides is 2. The third kappa shape index (κ3) is 4.00. The van der Waals surface area contributed by atoms with E-state index in [1.54, 1.807) is 0 Å². The van der Waals surface area contributed by atoms with E-state index in [1.165, 1.54) is 4.90 Å². The number of carbonyl (C=O) groups excluding carboxylic acids is 2. The second kappa shape index (κ2) is 8.07. The van der Waals surface area contributed by atoms with Gasteiger partial charge in [-0.2, -0.15) is 0 Å². The highest BCUT2D eigenvalue weighted by Crippen LogP contribution is 2.22. The van der Waals surface area contributed by atoms with Crippen molar-refractivity contribution in [3.8, 4) is 0 Å². The van der Waals surface area contributed by atoms with Crippen LogP contribution in [0.2, 0.25) is 0 Å². The van der Waals surface area contributed by atoms with E-state index < -0.39 is 28.9 Å². The Kier molecular flexibility index (Phi) is 5.80. The second-order valence-electron chi connectivity index (χ2n) is 6.67. The molecule has 0 bridgehead atoms. The van der Waals surface area contributed by atoms with Crippen molar-refractivity contribution in [1.82, 2.24) is 10.2 Å². The lowest BCUT2D eigenvalue weighted by Gasteiger charge is -2.31. The van der Waals surface area contributed by atoms with Crippen LogP contribution in [0.4, 0.5) is 13.2 Å². The monoisotopic (exact) mass is 370 g/mol. The van der Waals surface area contributed by atoms with Crippen molar-refractivity contribution in [1.29, 1.82) is 0 Å². The molecule has 1 aromatic carbocycles. The molecule has 0 spiro atoms. The lowest BCUT2D eigenvalue weighted by atomic mass is 9.95. The zero-order valence-corrected chi connectivity index (χ0v) is 14.3. The smallest absolute Gasteiger partial charge is 0.256 e. The summed E-state index contributed by atoms with van der Waals surface area (Å²) < 4.78 is 45.6. The van der Waals surface area contributed by atoms with Gasteiger partial charge in [0.05, 0.1) is 11.7 Å². The molecule has 2 heterocycles. The minimum Gasteiger partial charge on any atom is -0.376 e. The second-order valence-corrected chi connectivity index (χ2v) is 6.67. The van der Waals surface area contributed by atoms with Crippen molar-refractivity contribution in [2.24, 2.45) is 5.92 Å². The lowest BCUT2D eigenvalue weighted by Crippen LogP contribution is -2.44. The van der Waals surface area contributed by atoms with Crippen molar-refractivity contribution >= 4 is 11.8 Å². The highest BCUT2D eigenvalue weighted by Gasteiger charge is 2.30. The molecular weight excluding hydrogens is 349 g/mol. The topological polar surface area (TPSA) is 58.6 Å². The van der Waals surface area contributed by atoms with Gasteiger partial charge in [0, 0.05) is 32.2 Å². The summed E-state index contributed by atoms with van der Waals surface area (Å²) in [5.41, 5.74) is -0.495. The van der Waals surface area contributed by atoms with Crippen LogP contribution in [0.3, 0.4) is 0 Å². The average molecular weight is 370 g/mol. The molecule has 2 amide bonds. The van der Waals surface area contributed by atoms with E-state index in [-0.39, 0.29) is 31.0 Å². The Morgan fingerprint density at radius 1 is 1.12 bits per heavy atom. The highest BCUT2D eigenvalue weighted by atomic mass is 19.2. The first-order chi connectivity index (χ1) is 12.5. The summed E-state index contributed by atoms with van der Waals surface area (Å²) in [6, 6.07) is 1.67. The first-order valence-corrected chi connectivity index (χ1v) is 8.79. The quantitative estimate of drug-likeness (QED) is 0.827. The van der Waals surface area contributed by atoms with E-state index in [4.69, 9.17) is 4.74 Å². The van der Waals surface area contributed by atoms with Gasteiger partial charge < -0.3 is 15.0 Å². The van der Waals surface area contributed by atoms with Crippen LogP contribution in [-0.4, -0.2) is 49.1 Å². The summed E-state index contributed by atoms with van der Waals surface area (Å²) in [4.78, 5) is 25.9. The molecule has 1 N–H and O–H groups in total. The Labute approximate surface area is 149 Å². The van der Waals surface area contributed by atoms with Crippen LogP contribution in [0.25, 0.3) is 0 Å². The molecule has 0 aromatic heterocycles. The van der Waals surface area contributed by atoms with Crippen molar-refractivity contribution in [3.63, 3.8) is 0 Å². The maximum Gasteiger partial charge on any atom is 0.256 e. The third-order valence-corrected chi connectivity index (χ3v) is 4.95. The number of ether oxygens (including phenoxy) is 1. The van der Waals surface area contributed by atoms with Crippen LogP contribution in [0, 0.1) is 23.4 Å². The lowest BCUT2D eigenvalue weighted by molar-refractivity contribution is -0.126. The number of piperidine rings is 1. The van der Waals surface area contributed by atoms with Gasteiger partial charge in [-0.05, 0) is 37.8 Å². The minimum absolute atomic E-state index is 0.0666. The minimum atomic E-state index is -1.65. The molecule has 2 saturated heterocycles. The van der Waals surface area contributed by atoms with Crippen LogP contribution < -0.4 is 5.32 Å². The van der Waals surface area contributed by atoms with Crippen LogP contribution in [0.15, 0.2) is 12.1 Å². The van der Waals surface area contributed by atoms with Gasteiger partial charge in [-0.15, -0.1) is 0 Å². The SMILES string of the molecule is O=C(NCC1CCCO1)C1CCN(C(=O)c2ccc(F)c(F)c2F)CC1. The maximum absolute atomic E-state index is 13.8. The van der Waals surface area contributed by atoms with Gasteiger partial charge in [0.15, 0.2) is 17.5 Å². The summed E-state index contributed by atoms with van der Waals surface area (Å²) in [6.45, 7) is 1.73. The Bertz CT molecular complexity index is 685. The summed E-state index contributed by atoms with van der Waals surface area (Å²) >= 11 is 0. The molecule has 1 unspecified atom stereocenters. The Morgan fingerprint density at radius 3 is 2.50 bits per heavy atom. The van der Waals surface area contributed by atoms with Gasteiger partial charge >= 0.3 is 0 Å². The Morgan fingerprint density at radius 2 is 1.85 bits per heavy atom. The van der Waals surface area contributed by atoms with E-state index >= 15 is 0 Å². The number of hydrogen-bond donors (Lipinski definition) is 1. The first-order valence-electron chi connectivity index (χ1n) is 8.79. The van der Waals surface area contributed by atoms with Crippen LogP contribution >= 0.6 is 0 Å². The fraction of sp³-hybridized carbons (Fsp3) is 0.556. The predicted molar refractivity (Wildman–Crippen MR) is 86.9 cm³/mol. The van der Waals surface area contributed by atoms with Gasteiger partial charge in [0.25, 0.3) is 5.91 Å². The molecule has 1 aromatic rings. The van der Waals surface area contributed by atoms with E-state index in [0.29, 0.717) is 19.4 Å². The fourth-order valence-electron chi connectivity index (χ4n) is 3.37. The number of hydrogen-bond acceptors (Lipinski definition) is 3. The number of halogens is 3. The maximum atomic E-state index is 13.8. The predicted octanol–water partition coefficient (Wildman–Crippen LogP) is 2.25. The standard InChI is InChI=1S/C18H21F3N2O3/c19-14-4-3-13(15(20)16(14)21)18(25)23-7-5-11(6-8-23)17(24)22-10-12-2-1-9-26-12/h3-4,11-12H,1-2,5-10H2,(H,22,24). The largest absolute Gasteiger partial charge is 0.376 e. The van der Waals surface area contributed by atoms with Gasteiger partial charge in [0.1, 0.15) is 0 Å². The van der Waals surface area contributed by atoms with Crippen molar-refractivity contribution in [3.05, 3.63) is 35.1 Å². The van der Waals surface area contributed by atoms with E-state index in [2.05, 4.69) is 5.32 Å². The Hall–Kier alpha value is -2.09. The number of nitrogens with zero attached hydrogens (tertiary/aromatic N) is 1. The number of rotatable bonds is 4. The normalized spacial score (nSPS) is 21.0. The average Bonchev–Trinajstić information content (AvgIpc) is 3.17. The molecule has 2 aliphatic heterocycles. The first kappa shape index (κ1) is 18.7. The van der Waals surface area contributed by atoms with Crippen LogP contribution in [-0.2, 0) is 9.53 Å². The van der Waals surface area contributed by atoms with E-state index in [1.807, 2.05) is 0 Å². The van der Waals surface area contributed by atoms with Gasteiger partial charge in [-0.3, -0.25) is 9.59 Å². The van der Waals surface area contributed by atoms with Crippen molar-refractivity contribution < 1.29 is 27.5 Å². The summed E-state index contributed by atoms with van der Waals surface area (Å²) in [7, 11) is 0. The highest BCUT2D eigenvalue weighted by molar-refractivity contribution is 5.94. The molecule has 8 heteroatoms. The summed E-state index contributed by atoms with van der Waals surface area (Å²) in [5.74, 6) is -5.46. The molecule has 5 nitrogen and oxygen atoms in total. The molecule has 2 fully saturated rings. The van der Waals surface area contributed by atoms with E-state index in [0.717, 1.165) is 31.6 Å². The van der Waals surface area contributed by atoms with Gasteiger partial charge in [-0.1, -0.05) is 0 Å². The van der Waals surface area contributed by atoms with Gasteiger partial charge in [0.2, 0.25) is 5.91 Å². The van der Waals surface area contributed by atoms with Crippen LogP contribution in [0.5, 0.6) is 0 Å². The zero-order chi connectivity index (χ0) is 18.7.